The molecule has 1 saturated carbocycles. The molecule has 0 aliphatic heterocycles. The van der Waals surface area contributed by atoms with E-state index in [9.17, 15) is 13.2 Å². The smallest absolute Gasteiger partial charge is 0.353 e. The fraction of sp³-hybridized carbons (Fsp3) is 0.947. The van der Waals surface area contributed by atoms with Crippen LogP contribution in [0.4, 0.5) is 13.2 Å². The van der Waals surface area contributed by atoms with Gasteiger partial charge in [0.05, 0.1) is 6.07 Å². The van der Waals surface area contributed by atoms with Gasteiger partial charge in [0, 0.05) is 12.5 Å². The maximum absolute atomic E-state index is 13.7. The van der Waals surface area contributed by atoms with Gasteiger partial charge in [0.1, 0.15) is 0 Å². The van der Waals surface area contributed by atoms with Crippen molar-refractivity contribution in [3.63, 3.8) is 0 Å². The fourth-order valence-electron chi connectivity index (χ4n) is 4.18. The van der Waals surface area contributed by atoms with Crippen LogP contribution in [-0.2, 0) is 9.47 Å². The average molecular weight is 363 g/mol. The van der Waals surface area contributed by atoms with Crippen LogP contribution in [0.1, 0.15) is 73.1 Å². The number of nitriles is 1. The van der Waals surface area contributed by atoms with Crippen molar-refractivity contribution >= 4 is 0 Å². The lowest BCUT2D eigenvalue weighted by molar-refractivity contribution is -0.331. The number of hydrogen-bond acceptors (Lipinski definition) is 3. The maximum Gasteiger partial charge on any atom is 0.417 e. The summed E-state index contributed by atoms with van der Waals surface area (Å²) < 4.78 is 51.8. The van der Waals surface area contributed by atoms with E-state index in [2.05, 4.69) is 19.9 Å². The van der Waals surface area contributed by atoms with Crippen LogP contribution in [0.5, 0.6) is 0 Å². The summed E-state index contributed by atoms with van der Waals surface area (Å²) in [4.78, 5) is 0. The molecule has 3 unspecified atom stereocenters. The molecule has 0 aromatic carbocycles. The molecule has 3 atom stereocenters. The van der Waals surface area contributed by atoms with Crippen LogP contribution in [0, 0.1) is 28.6 Å². The van der Waals surface area contributed by atoms with Crippen molar-refractivity contribution in [3.8, 4) is 6.07 Å². The molecule has 1 fully saturated rings. The summed E-state index contributed by atoms with van der Waals surface area (Å²) >= 11 is 0. The van der Waals surface area contributed by atoms with E-state index in [4.69, 9.17) is 14.7 Å². The number of halogens is 3. The first-order valence-corrected chi connectivity index (χ1v) is 9.29. The molecule has 0 saturated heterocycles. The summed E-state index contributed by atoms with van der Waals surface area (Å²) in [6.07, 6.45) is -2.88. The molecule has 0 aromatic rings. The summed E-state index contributed by atoms with van der Waals surface area (Å²) in [7, 11) is 0. The van der Waals surface area contributed by atoms with Crippen LogP contribution < -0.4 is 0 Å². The summed E-state index contributed by atoms with van der Waals surface area (Å²) in [5, 5.41) is 9.10. The normalized spacial score (nSPS) is 29.5. The average Bonchev–Trinajstić information content (AvgIpc) is 2.54. The van der Waals surface area contributed by atoms with Gasteiger partial charge in [0.15, 0.2) is 11.9 Å². The van der Waals surface area contributed by atoms with Gasteiger partial charge in [-0.3, -0.25) is 0 Å². The molecule has 0 heterocycles. The predicted molar refractivity (Wildman–Crippen MR) is 90.7 cm³/mol. The fourth-order valence-corrected chi connectivity index (χ4v) is 4.18. The summed E-state index contributed by atoms with van der Waals surface area (Å²) in [5.41, 5.74) is -2.23. The Hall–Kier alpha value is -0.800. The minimum absolute atomic E-state index is 0.0465. The van der Waals surface area contributed by atoms with E-state index >= 15 is 0 Å². The van der Waals surface area contributed by atoms with Crippen molar-refractivity contribution in [2.75, 3.05) is 6.61 Å². The van der Waals surface area contributed by atoms with Crippen LogP contribution in [-0.4, -0.2) is 24.7 Å². The van der Waals surface area contributed by atoms with Crippen molar-refractivity contribution in [1.82, 2.24) is 0 Å². The first kappa shape index (κ1) is 22.2. The Morgan fingerprint density at radius 2 is 1.76 bits per heavy atom. The van der Waals surface area contributed by atoms with Gasteiger partial charge in [-0.1, -0.05) is 20.3 Å². The van der Waals surface area contributed by atoms with Crippen LogP contribution >= 0.6 is 0 Å². The van der Waals surface area contributed by atoms with E-state index in [1.165, 1.54) is 6.92 Å². The van der Waals surface area contributed by atoms with Crippen LogP contribution in [0.15, 0.2) is 0 Å². The van der Waals surface area contributed by atoms with Gasteiger partial charge in [-0.2, -0.15) is 18.4 Å². The molecule has 146 valence electrons. The molecule has 0 spiro atoms. The van der Waals surface area contributed by atoms with E-state index in [1.807, 2.05) is 6.92 Å². The Morgan fingerprint density at radius 3 is 2.16 bits per heavy atom. The second-order valence-electron chi connectivity index (χ2n) is 7.65. The summed E-state index contributed by atoms with van der Waals surface area (Å²) in [5.74, 6) is 0.0863. The Morgan fingerprint density at radius 1 is 1.20 bits per heavy atom. The zero-order valence-electron chi connectivity index (χ0n) is 16.1. The minimum atomic E-state index is -4.41. The lowest BCUT2D eigenvalue weighted by Gasteiger charge is -2.47. The van der Waals surface area contributed by atoms with E-state index in [-0.39, 0.29) is 30.1 Å². The third kappa shape index (κ3) is 5.34. The van der Waals surface area contributed by atoms with E-state index in [0.717, 1.165) is 12.8 Å². The van der Waals surface area contributed by atoms with Crippen molar-refractivity contribution in [2.45, 2.75) is 91.2 Å². The van der Waals surface area contributed by atoms with Gasteiger partial charge in [-0.15, -0.1) is 0 Å². The number of alkyl halides is 3. The highest BCUT2D eigenvalue weighted by Gasteiger charge is 2.58. The van der Waals surface area contributed by atoms with Gasteiger partial charge < -0.3 is 9.47 Å². The number of ether oxygens (including phenoxy) is 2. The molecular weight excluding hydrogens is 331 g/mol. The van der Waals surface area contributed by atoms with E-state index < -0.39 is 18.1 Å². The molecule has 0 N–H and O–H groups in total. The Labute approximate surface area is 149 Å². The molecule has 0 radical (unpaired) electrons. The third-order valence-electron chi connectivity index (χ3n) is 5.89. The molecule has 0 amide bonds. The molecule has 0 aromatic heterocycles. The highest BCUT2D eigenvalue weighted by atomic mass is 19.4. The second kappa shape index (κ2) is 8.73. The summed E-state index contributed by atoms with van der Waals surface area (Å²) in [6, 6.07) is 2.25. The van der Waals surface area contributed by atoms with Crippen LogP contribution in [0.25, 0.3) is 0 Å². The second-order valence-corrected chi connectivity index (χ2v) is 7.65. The first-order chi connectivity index (χ1) is 11.5. The highest BCUT2D eigenvalue weighted by Crippen LogP contribution is 2.52. The van der Waals surface area contributed by atoms with E-state index in [0.29, 0.717) is 19.4 Å². The number of nitrogens with zero attached hydrogens (tertiary/aromatic N) is 1. The van der Waals surface area contributed by atoms with Gasteiger partial charge in [0.25, 0.3) is 0 Å². The lowest BCUT2D eigenvalue weighted by Crippen LogP contribution is -2.53. The Kier molecular flexibility index (Phi) is 7.76. The molecular formula is C19H32F3NO2. The largest absolute Gasteiger partial charge is 0.417 e. The zero-order valence-corrected chi connectivity index (χ0v) is 16.1. The number of rotatable bonds is 8. The van der Waals surface area contributed by atoms with Crippen LogP contribution in [0.3, 0.4) is 0 Å². The topological polar surface area (TPSA) is 42.2 Å². The number of hydrogen-bond donors (Lipinski definition) is 0. The van der Waals surface area contributed by atoms with Gasteiger partial charge >= 0.3 is 6.18 Å². The highest BCUT2D eigenvalue weighted by molar-refractivity contribution is 4.98. The van der Waals surface area contributed by atoms with Gasteiger partial charge in [-0.05, 0) is 64.2 Å². The lowest BCUT2D eigenvalue weighted by atomic mass is 9.62. The maximum atomic E-state index is 13.7. The Bertz CT molecular complexity index is 453. The quantitative estimate of drug-likeness (QED) is 0.509. The zero-order chi connectivity index (χ0) is 19.3. The van der Waals surface area contributed by atoms with Gasteiger partial charge in [0.2, 0.25) is 0 Å². The van der Waals surface area contributed by atoms with Crippen molar-refractivity contribution in [3.05, 3.63) is 0 Å². The Balaban J connectivity index is 2.88. The molecule has 3 nitrogen and oxygen atoms in total. The molecule has 0 bridgehead atoms. The summed E-state index contributed by atoms with van der Waals surface area (Å²) in [6.45, 7) is 9.62. The van der Waals surface area contributed by atoms with Crippen molar-refractivity contribution in [2.24, 2.45) is 17.3 Å². The third-order valence-corrected chi connectivity index (χ3v) is 5.89. The molecule has 1 aliphatic carbocycles. The SMILES string of the molecule is CCOC(C)OC1(C(F)(F)F)CCC(C(C)(CC)CC(C)C#N)CC1. The van der Waals surface area contributed by atoms with Crippen molar-refractivity contribution < 1.29 is 22.6 Å². The van der Waals surface area contributed by atoms with Crippen LogP contribution in [0.2, 0.25) is 0 Å². The molecule has 1 rings (SSSR count). The predicted octanol–water partition coefficient (Wildman–Crippen LogP) is 5.84. The standard InChI is InChI=1S/C19H32F3NO2/c1-6-17(5,12-14(3)13-23)16-8-10-18(11-9-16,19(20,21)22)25-15(4)24-7-2/h14-16H,6-12H2,1-5H3. The molecule has 25 heavy (non-hydrogen) atoms. The minimum Gasteiger partial charge on any atom is -0.353 e. The van der Waals surface area contributed by atoms with Crippen molar-refractivity contribution in [1.29, 1.82) is 5.26 Å². The first-order valence-electron chi connectivity index (χ1n) is 9.29. The van der Waals surface area contributed by atoms with E-state index in [1.54, 1.807) is 6.92 Å². The molecule has 6 heteroatoms. The monoisotopic (exact) mass is 363 g/mol. The molecule has 1 aliphatic rings. The van der Waals surface area contributed by atoms with Gasteiger partial charge in [-0.25, -0.2) is 0 Å².